The van der Waals surface area contributed by atoms with Gasteiger partial charge in [0.2, 0.25) is 0 Å². The predicted octanol–water partition coefficient (Wildman–Crippen LogP) is 2.23. The Bertz CT molecular complexity index is 253. The summed E-state index contributed by atoms with van der Waals surface area (Å²) in [6, 6.07) is 1.59. The summed E-state index contributed by atoms with van der Waals surface area (Å²) in [5.41, 5.74) is -0.562. The predicted molar refractivity (Wildman–Crippen MR) is 50.7 cm³/mol. The van der Waals surface area contributed by atoms with Gasteiger partial charge in [0.25, 0.3) is 0 Å². The lowest BCUT2D eigenvalue weighted by atomic mass is 10.0. The zero-order valence-electron chi connectivity index (χ0n) is 8.61. The van der Waals surface area contributed by atoms with Crippen LogP contribution in [-0.4, -0.2) is 18.0 Å². The van der Waals surface area contributed by atoms with Crippen LogP contribution in [0.15, 0.2) is 5.16 Å². The lowest BCUT2D eigenvalue weighted by Gasteiger charge is -2.22. The van der Waals surface area contributed by atoms with Gasteiger partial charge in [0.1, 0.15) is 17.9 Å². The molecule has 0 fully saturated rings. The fourth-order valence-corrected chi connectivity index (χ4v) is 0.990. The molecule has 0 heterocycles. The molecule has 0 aliphatic carbocycles. The van der Waals surface area contributed by atoms with E-state index in [-0.39, 0.29) is 0 Å². The van der Waals surface area contributed by atoms with Crippen LogP contribution in [0.4, 0.5) is 4.79 Å². The Balaban J connectivity index is 3.94. The maximum absolute atomic E-state index is 10.9. The molecule has 14 heavy (non-hydrogen) atoms. The molecule has 0 aromatic heterocycles. The molecule has 0 spiro atoms. The first kappa shape index (κ1) is 12.4. The topological polar surface area (TPSA) is 71.7 Å². The molecular weight excluding hydrogens is 184 g/mol. The van der Waals surface area contributed by atoms with Crippen LogP contribution in [0, 0.1) is 11.3 Å². The van der Waals surface area contributed by atoms with E-state index < -0.39 is 11.8 Å². The number of carbonyl (C=O) groups excluding carboxylic acids is 1. The summed E-state index contributed by atoms with van der Waals surface area (Å²) in [4.78, 5) is 15.2. The summed E-state index contributed by atoms with van der Waals surface area (Å²) in [6.45, 7) is 5.56. The van der Waals surface area contributed by atoms with Crippen LogP contribution in [0.1, 0.15) is 33.6 Å². The zero-order chi connectivity index (χ0) is 11.0. The van der Waals surface area contributed by atoms with Gasteiger partial charge in [-0.05, 0) is 20.3 Å². The molecule has 5 nitrogen and oxygen atoms in total. The molecule has 0 N–H and O–H groups in total. The van der Waals surface area contributed by atoms with E-state index in [2.05, 4.69) is 9.99 Å². The summed E-state index contributed by atoms with van der Waals surface area (Å²) in [5.74, 6) is 0. The average Bonchev–Trinajstić information content (AvgIpc) is 2.03. The Morgan fingerprint density at radius 2 is 2.29 bits per heavy atom. The fourth-order valence-electron chi connectivity index (χ4n) is 0.990. The molecule has 0 aliphatic heterocycles. The minimum atomic E-state index is -0.894. The summed E-state index contributed by atoms with van der Waals surface area (Å²) in [5, 5.41) is 11.1. The van der Waals surface area contributed by atoms with Gasteiger partial charge >= 0.3 is 6.16 Å². The van der Waals surface area contributed by atoms with Crippen molar-refractivity contribution < 1.29 is 14.4 Å². The second-order valence-corrected chi connectivity index (χ2v) is 3.32. The first-order valence-corrected chi connectivity index (χ1v) is 4.33. The average molecular weight is 198 g/mol. The summed E-state index contributed by atoms with van der Waals surface area (Å²) in [6.07, 6.45) is 1.56. The molecule has 0 aliphatic rings. The second kappa shape index (κ2) is 5.97. The maximum atomic E-state index is 10.9. The molecule has 0 atom stereocenters. The smallest absolute Gasteiger partial charge is 0.427 e. The minimum absolute atomic E-state index is 0.562. The molecule has 0 bridgehead atoms. The van der Waals surface area contributed by atoms with E-state index in [4.69, 9.17) is 10.00 Å². The Morgan fingerprint density at radius 3 is 2.79 bits per heavy atom. The van der Waals surface area contributed by atoms with Crippen molar-refractivity contribution in [1.29, 1.82) is 5.26 Å². The fraction of sp³-hybridized carbons (Fsp3) is 0.667. The van der Waals surface area contributed by atoms with Crippen molar-refractivity contribution in [1.82, 2.24) is 0 Å². The molecule has 0 radical (unpaired) electrons. The number of rotatable bonds is 4. The number of hydrogen-bond acceptors (Lipinski definition) is 5. The third-order valence-corrected chi connectivity index (χ3v) is 1.45. The largest absolute Gasteiger partial charge is 0.535 e. The summed E-state index contributed by atoms with van der Waals surface area (Å²) >= 11 is 0. The molecule has 0 aromatic rings. The summed E-state index contributed by atoms with van der Waals surface area (Å²) in [7, 11) is 0. The number of oxime groups is 1. The second-order valence-electron chi connectivity index (χ2n) is 3.32. The highest BCUT2D eigenvalue weighted by atomic mass is 16.8. The van der Waals surface area contributed by atoms with Gasteiger partial charge in [-0.2, -0.15) is 5.26 Å². The number of nitriles is 1. The molecule has 0 aromatic carbocycles. The van der Waals surface area contributed by atoms with Crippen molar-refractivity contribution in [3.63, 3.8) is 0 Å². The van der Waals surface area contributed by atoms with Crippen LogP contribution in [0.5, 0.6) is 0 Å². The molecule has 0 unspecified atom stereocenters. The Labute approximate surface area is 83.3 Å². The normalized spacial score (nSPS) is 11.0. The van der Waals surface area contributed by atoms with Crippen LogP contribution in [-0.2, 0) is 9.57 Å². The van der Waals surface area contributed by atoms with Crippen molar-refractivity contribution in [3.8, 4) is 6.07 Å². The van der Waals surface area contributed by atoms with E-state index in [1.54, 1.807) is 19.9 Å². The molecule has 0 saturated carbocycles. The first-order chi connectivity index (χ1) is 6.52. The highest BCUT2D eigenvalue weighted by Crippen LogP contribution is 2.17. The lowest BCUT2D eigenvalue weighted by molar-refractivity contribution is -0.0195. The van der Waals surface area contributed by atoms with Crippen molar-refractivity contribution >= 4 is 12.4 Å². The third-order valence-electron chi connectivity index (χ3n) is 1.45. The molecular formula is C9H14N2O3. The Hall–Kier alpha value is -1.57. The van der Waals surface area contributed by atoms with Crippen LogP contribution >= 0.6 is 0 Å². The molecule has 78 valence electrons. The van der Waals surface area contributed by atoms with E-state index in [1.807, 2.05) is 6.92 Å². The van der Waals surface area contributed by atoms with E-state index >= 15 is 0 Å². The monoisotopic (exact) mass is 198 g/mol. The van der Waals surface area contributed by atoms with Gasteiger partial charge in [0, 0.05) is 0 Å². The van der Waals surface area contributed by atoms with Gasteiger partial charge in [-0.25, -0.2) is 4.79 Å². The van der Waals surface area contributed by atoms with E-state index in [0.717, 1.165) is 19.1 Å². The van der Waals surface area contributed by atoms with Gasteiger partial charge in [-0.1, -0.05) is 18.5 Å². The van der Waals surface area contributed by atoms with Crippen LogP contribution in [0.2, 0.25) is 0 Å². The van der Waals surface area contributed by atoms with E-state index in [1.165, 1.54) is 0 Å². The molecule has 0 rings (SSSR count). The quantitative estimate of drug-likeness (QED) is 0.300. The third kappa shape index (κ3) is 6.00. The molecule has 0 saturated heterocycles. The minimum Gasteiger partial charge on any atom is -0.427 e. The molecule has 0 amide bonds. The summed E-state index contributed by atoms with van der Waals surface area (Å²) < 4.78 is 4.94. The zero-order valence-corrected chi connectivity index (χ0v) is 8.61. The van der Waals surface area contributed by atoms with Gasteiger partial charge in [-0.15, -0.1) is 0 Å². The van der Waals surface area contributed by atoms with Gasteiger partial charge < -0.3 is 4.74 Å². The number of nitrogens with zero attached hydrogens (tertiary/aromatic N) is 2. The standard InChI is InChI=1S/C9H14N2O3/c1-4-5-9(2,3)13-8(12)14-11-7-6-10/h7H,4-5H2,1-3H3. The van der Waals surface area contributed by atoms with Crippen molar-refractivity contribution in [2.45, 2.75) is 39.2 Å². The number of hydrogen-bond donors (Lipinski definition) is 0. The van der Waals surface area contributed by atoms with Crippen LogP contribution < -0.4 is 0 Å². The lowest BCUT2D eigenvalue weighted by Crippen LogP contribution is -2.27. The van der Waals surface area contributed by atoms with Gasteiger partial charge in [0.05, 0.1) is 0 Å². The SMILES string of the molecule is CCCC(C)(C)OC(=O)ON=CC#N. The molecule has 5 heteroatoms. The van der Waals surface area contributed by atoms with Crippen LogP contribution in [0.3, 0.4) is 0 Å². The number of ether oxygens (including phenoxy) is 1. The van der Waals surface area contributed by atoms with E-state index in [9.17, 15) is 4.79 Å². The van der Waals surface area contributed by atoms with E-state index in [0.29, 0.717) is 0 Å². The van der Waals surface area contributed by atoms with Gasteiger partial charge in [0.15, 0.2) is 0 Å². The maximum Gasteiger partial charge on any atom is 0.535 e. The van der Waals surface area contributed by atoms with Crippen molar-refractivity contribution in [2.75, 3.05) is 0 Å². The Kier molecular flexibility index (Phi) is 5.30. The number of carbonyl (C=O) groups is 1. The van der Waals surface area contributed by atoms with Crippen molar-refractivity contribution in [3.05, 3.63) is 0 Å². The van der Waals surface area contributed by atoms with Gasteiger partial charge in [-0.3, -0.25) is 4.84 Å². The highest BCUT2D eigenvalue weighted by molar-refractivity contribution is 5.75. The highest BCUT2D eigenvalue weighted by Gasteiger charge is 2.22. The first-order valence-electron chi connectivity index (χ1n) is 4.33. The Morgan fingerprint density at radius 1 is 1.64 bits per heavy atom. The van der Waals surface area contributed by atoms with Crippen LogP contribution in [0.25, 0.3) is 0 Å². The van der Waals surface area contributed by atoms with Crippen molar-refractivity contribution in [2.24, 2.45) is 5.16 Å².